The van der Waals surface area contributed by atoms with E-state index >= 15 is 0 Å². The molecule has 5 nitrogen and oxygen atoms in total. The highest BCUT2D eigenvalue weighted by Gasteiger charge is 2.16. The summed E-state index contributed by atoms with van der Waals surface area (Å²) in [6, 6.07) is 52.1. The molecule has 0 amide bonds. The first-order valence-corrected chi connectivity index (χ1v) is 15.9. The Labute approximate surface area is 277 Å². The Morgan fingerprint density at radius 2 is 0.896 bits per heavy atom. The summed E-state index contributed by atoms with van der Waals surface area (Å²) < 4.78 is 0. The molecule has 48 heavy (non-hydrogen) atoms. The van der Waals surface area contributed by atoms with Gasteiger partial charge in [0.1, 0.15) is 0 Å². The van der Waals surface area contributed by atoms with Gasteiger partial charge in [-0.25, -0.2) is 15.0 Å². The third kappa shape index (κ3) is 4.95. The average molecular weight is 614 g/mol. The van der Waals surface area contributed by atoms with Crippen molar-refractivity contribution in [2.45, 2.75) is 0 Å². The predicted octanol–water partition coefficient (Wildman–Crippen LogP) is 10.5. The molecule has 0 unspecified atom stereocenters. The lowest BCUT2D eigenvalue weighted by atomic mass is 9.93. The number of rotatable bonds is 5. The molecule has 0 aliphatic rings. The summed E-state index contributed by atoms with van der Waals surface area (Å²) in [4.78, 5) is 24.6. The summed E-state index contributed by atoms with van der Waals surface area (Å²) in [5, 5.41) is 4.21. The van der Waals surface area contributed by atoms with Crippen molar-refractivity contribution < 1.29 is 0 Å². The summed E-state index contributed by atoms with van der Waals surface area (Å²) in [7, 11) is 0. The second kappa shape index (κ2) is 11.6. The second-order valence-electron chi connectivity index (χ2n) is 11.8. The molecule has 0 fully saturated rings. The van der Waals surface area contributed by atoms with Crippen LogP contribution in [0.25, 0.3) is 89.0 Å². The smallest absolute Gasteiger partial charge is 0.165 e. The topological polar surface area (TPSA) is 64.5 Å². The van der Waals surface area contributed by atoms with E-state index in [0.717, 1.165) is 60.4 Å². The highest BCUT2D eigenvalue weighted by atomic mass is 15.0. The third-order valence-electron chi connectivity index (χ3n) is 8.78. The minimum Gasteiger partial charge on any atom is -0.256 e. The lowest BCUT2D eigenvalue weighted by molar-refractivity contribution is 1.07. The van der Waals surface area contributed by atoms with E-state index < -0.39 is 0 Å². The molecule has 0 aliphatic heterocycles. The van der Waals surface area contributed by atoms with Gasteiger partial charge in [0.05, 0.1) is 11.0 Å². The van der Waals surface area contributed by atoms with Crippen molar-refractivity contribution in [3.05, 3.63) is 164 Å². The predicted molar refractivity (Wildman–Crippen MR) is 195 cm³/mol. The second-order valence-corrected chi connectivity index (χ2v) is 11.8. The van der Waals surface area contributed by atoms with Crippen molar-refractivity contribution in [3.63, 3.8) is 0 Å². The van der Waals surface area contributed by atoms with Gasteiger partial charge in [-0.3, -0.25) is 9.97 Å². The van der Waals surface area contributed by atoms with Crippen LogP contribution in [0.2, 0.25) is 0 Å². The summed E-state index contributed by atoms with van der Waals surface area (Å²) >= 11 is 0. The Morgan fingerprint density at radius 1 is 0.354 bits per heavy atom. The van der Waals surface area contributed by atoms with Gasteiger partial charge < -0.3 is 0 Å². The quantitative estimate of drug-likeness (QED) is 0.181. The van der Waals surface area contributed by atoms with Gasteiger partial charge in [-0.2, -0.15) is 0 Å². The summed E-state index contributed by atoms with van der Waals surface area (Å²) in [6.45, 7) is 0. The molecular weight excluding hydrogens is 587 g/mol. The summed E-state index contributed by atoms with van der Waals surface area (Å²) in [5.41, 5.74) is 9.21. The van der Waals surface area contributed by atoms with Crippen molar-refractivity contribution in [3.8, 4) is 56.4 Å². The maximum atomic E-state index is 5.05. The molecule has 0 N–H and O–H groups in total. The van der Waals surface area contributed by atoms with Crippen LogP contribution in [-0.2, 0) is 0 Å². The molecule has 9 rings (SSSR count). The Kier molecular flexibility index (Phi) is 6.72. The Morgan fingerprint density at radius 3 is 1.54 bits per heavy atom. The van der Waals surface area contributed by atoms with Gasteiger partial charge >= 0.3 is 0 Å². The highest BCUT2D eigenvalue weighted by Crippen LogP contribution is 2.38. The van der Waals surface area contributed by atoms with Gasteiger partial charge in [0, 0.05) is 45.2 Å². The van der Waals surface area contributed by atoms with E-state index in [1.807, 2.05) is 85.2 Å². The fraction of sp³-hybridized carbons (Fsp3) is 0. The van der Waals surface area contributed by atoms with Crippen molar-refractivity contribution >= 4 is 32.6 Å². The van der Waals surface area contributed by atoms with E-state index in [-0.39, 0.29) is 0 Å². The first kappa shape index (κ1) is 27.7. The van der Waals surface area contributed by atoms with Crippen molar-refractivity contribution in [2.75, 3.05) is 0 Å². The summed E-state index contributed by atoms with van der Waals surface area (Å²) in [5.74, 6) is 1.82. The van der Waals surface area contributed by atoms with Crippen LogP contribution in [-0.4, -0.2) is 24.9 Å². The van der Waals surface area contributed by atoms with Crippen LogP contribution in [0, 0.1) is 0 Å². The van der Waals surface area contributed by atoms with Gasteiger partial charge in [0.25, 0.3) is 0 Å². The number of aromatic nitrogens is 5. The lowest BCUT2D eigenvalue weighted by Crippen LogP contribution is -2.00. The largest absolute Gasteiger partial charge is 0.256 e. The molecule has 0 saturated carbocycles. The van der Waals surface area contributed by atoms with E-state index in [9.17, 15) is 0 Å². The average Bonchev–Trinajstić information content (AvgIpc) is 3.18. The molecule has 5 heteroatoms. The normalized spacial score (nSPS) is 11.3. The van der Waals surface area contributed by atoms with Crippen LogP contribution in [0.5, 0.6) is 0 Å². The van der Waals surface area contributed by atoms with Gasteiger partial charge in [-0.1, -0.05) is 133 Å². The van der Waals surface area contributed by atoms with Crippen molar-refractivity contribution in [1.82, 2.24) is 24.9 Å². The maximum Gasteiger partial charge on any atom is 0.165 e. The molecule has 0 aliphatic carbocycles. The zero-order valence-corrected chi connectivity index (χ0v) is 25.8. The van der Waals surface area contributed by atoms with Crippen molar-refractivity contribution in [1.29, 1.82) is 0 Å². The standard InChI is InChI=1S/C43H27N5/c1-4-11-28(12-5-1)29-18-20-30(21-19-29)37-26-33-22-23-34-25-35(27-45-39(34)38(33)40-36(37)17-10-24-44-40)43-47-41(31-13-6-2-7-14-31)46-42(48-43)32-15-8-3-9-16-32/h1-27H. The molecule has 0 spiro atoms. The van der Waals surface area contributed by atoms with Gasteiger partial charge in [0.2, 0.25) is 0 Å². The minimum absolute atomic E-state index is 0.578. The number of fused-ring (bicyclic) bond motifs is 5. The van der Waals surface area contributed by atoms with Crippen LogP contribution in [0.15, 0.2) is 164 Å². The Hall–Kier alpha value is -6.59. The SMILES string of the molecule is c1ccc(-c2ccc(-c3cc4ccc5cc(-c6nc(-c7ccccc7)nc(-c7ccccc7)n6)cnc5c4c4ncccc34)cc2)cc1. The zero-order valence-electron chi connectivity index (χ0n) is 25.8. The molecule has 0 bridgehead atoms. The lowest BCUT2D eigenvalue weighted by Gasteiger charge is -2.13. The van der Waals surface area contributed by atoms with Crippen LogP contribution in [0.4, 0.5) is 0 Å². The minimum atomic E-state index is 0.578. The number of benzene rings is 6. The molecule has 0 saturated heterocycles. The molecular formula is C43H27N5. The number of pyridine rings is 2. The fourth-order valence-electron chi connectivity index (χ4n) is 6.41. The third-order valence-corrected chi connectivity index (χ3v) is 8.78. The van der Waals surface area contributed by atoms with Crippen LogP contribution in [0.3, 0.4) is 0 Å². The molecule has 224 valence electrons. The van der Waals surface area contributed by atoms with Crippen molar-refractivity contribution in [2.24, 2.45) is 0 Å². The first-order valence-electron chi connectivity index (χ1n) is 15.9. The molecule has 6 aromatic carbocycles. The monoisotopic (exact) mass is 613 g/mol. The van der Waals surface area contributed by atoms with Crippen LogP contribution >= 0.6 is 0 Å². The van der Waals surface area contributed by atoms with Gasteiger partial charge in [-0.15, -0.1) is 0 Å². The number of hydrogen-bond acceptors (Lipinski definition) is 5. The van der Waals surface area contributed by atoms with Gasteiger partial charge in [-0.05, 0) is 45.8 Å². The molecule has 9 aromatic rings. The fourth-order valence-corrected chi connectivity index (χ4v) is 6.41. The highest BCUT2D eigenvalue weighted by molar-refractivity contribution is 6.21. The van der Waals surface area contributed by atoms with E-state index in [0.29, 0.717) is 17.5 Å². The van der Waals surface area contributed by atoms with E-state index in [2.05, 4.69) is 78.9 Å². The Bertz CT molecular complexity index is 2530. The maximum absolute atomic E-state index is 5.05. The number of nitrogens with zero attached hydrogens (tertiary/aromatic N) is 5. The van der Waals surface area contributed by atoms with Crippen LogP contribution in [0.1, 0.15) is 0 Å². The van der Waals surface area contributed by atoms with E-state index in [4.69, 9.17) is 24.9 Å². The molecule has 3 heterocycles. The molecule has 0 radical (unpaired) electrons. The van der Waals surface area contributed by atoms with E-state index in [1.165, 1.54) is 11.1 Å². The van der Waals surface area contributed by atoms with Gasteiger partial charge in [0.15, 0.2) is 17.5 Å². The molecule has 0 atom stereocenters. The molecule has 3 aromatic heterocycles. The number of hydrogen-bond donors (Lipinski definition) is 0. The zero-order chi connectivity index (χ0) is 31.9. The first-order chi connectivity index (χ1) is 23.8. The van der Waals surface area contributed by atoms with Crippen LogP contribution < -0.4 is 0 Å². The Balaban J connectivity index is 1.18. The van der Waals surface area contributed by atoms with E-state index in [1.54, 1.807) is 0 Å². The summed E-state index contributed by atoms with van der Waals surface area (Å²) in [6.07, 6.45) is 3.73.